The zero-order chi connectivity index (χ0) is 14.9. The predicted octanol–water partition coefficient (Wildman–Crippen LogP) is 3.44. The Morgan fingerprint density at radius 1 is 1.24 bits per heavy atom. The van der Waals surface area contributed by atoms with Gasteiger partial charge in [0.1, 0.15) is 12.4 Å². The molecule has 0 aliphatic carbocycles. The van der Waals surface area contributed by atoms with Gasteiger partial charge >= 0.3 is 0 Å². The van der Waals surface area contributed by atoms with Crippen molar-refractivity contribution in [2.45, 2.75) is 51.6 Å². The van der Waals surface area contributed by atoms with Gasteiger partial charge in [0.25, 0.3) is 0 Å². The van der Waals surface area contributed by atoms with Gasteiger partial charge in [-0.25, -0.2) is 0 Å². The first-order chi connectivity index (χ1) is 10.3. The fraction of sp³-hybridized carbons (Fsp3) is 0.667. The van der Waals surface area contributed by atoms with Gasteiger partial charge in [0, 0.05) is 24.7 Å². The topological polar surface area (TPSA) is 24.5 Å². The summed E-state index contributed by atoms with van der Waals surface area (Å²) in [6, 6.07) is 9.08. The molecule has 1 aliphatic rings. The molecule has 0 radical (unpaired) electrons. The second-order valence-electron chi connectivity index (χ2n) is 5.93. The molecule has 0 saturated carbocycles. The van der Waals surface area contributed by atoms with Gasteiger partial charge < -0.3 is 10.1 Å². The van der Waals surface area contributed by atoms with Crippen molar-refractivity contribution < 1.29 is 4.74 Å². The number of rotatable bonds is 7. The van der Waals surface area contributed by atoms with Crippen LogP contribution in [0.5, 0.6) is 5.75 Å². The predicted molar refractivity (Wildman–Crippen MR) is 88.8 cm³/mol. The minimum absolute atomic E-state index is 0.753. The summed E-state index contributed by atoms with van der Waals surface area (Å²) in [7, 11) is 1.97. The molecule has 3 heteroatoms. The lowest BCUT2D eigenvalue weighted by atomic mass is 10.1. The molecule has 118 valence electrons. The number of hydrogen-bond donors (Lipinski definition) is 1. The van der Waals surface area contributed by atoms with Crippen LogP contribution < -0.4 is 10.1 Å². The Morgan fingerprint density at radius 3 is 2.90 bits per heavy atom. The lowest BCUT2D eigenvalue weighted by Crippen LogP contribution is -2.37. The van der Waals surface area contributed by atoms with E-state index in [1.54, 1.807) is 0 Å². The minimum atomic E-state index is 0.753. The van der Waals surface area contributed by atoms with Crippen molar-refractivity contribution in [3.05, 3.63) is 29.8 Å². The average molecular weight is 290 g/mol. The van der Waals surface area contributed by atoms with Gasteiger partial charge in [-0.1, -0.05) is 38.0 Å². The molecule has 1 unspecified atom stereocenters. The molecule has 21 heavy (non-hydrogen) atoms. The van der Waals surface area contributed by atoms with Gasteiger partial charge in [-0.3, -0.25) is 4.90 Å². The van der Waals surface area contributed by atoms with Crippen LogP contribution in [-0.2, 0) is 6.54 Å². The summed E-state index contributed by atoms with van der Waals surface area (Å²) in [4.78, 5) is 2.63. The van der Waals surface area contributed by atoms with Crippen LogP contribution in [0.2, 0.25) is 0 Å². The van der Waals surface area contributed by atoms with E-state index in [0.29, 0.717) is 0 Å². The van der Waals surface area contributed by atoms with E-state index in [2.05, 4.69) is 41.4 Å². The summed E-state index contributed by atoms with van der Waals surface area (Å²) in [5.41, 5.74) is 1.24. The summed E-state index contributed by atoms with van der Waals surface area (Å²) in [5, 5.41) is 3.20. The zero-order valence-electron chi connectivity index (χ0n) is 13.6. The molecule has 0 spiro atoms. The lowest BCUT2D eigenvalue weighted by molar-refractivity contribution is 0.157. The Labute approximate surface area is 129 Å². The van der Waals surface area contributed by atoms with Crippen LogP contribution in [0.4, 0.5) is 0 Å². The highest BCUT2D eigenvalue weighted by Gasteiger charge is 2.19. The van der Waals surface area contributed by atoms with Crippen molar-refractivity contribution in [2.75, 3.05) is 26.7 Å². The summed E-state index contributed by atoms with van der Waals surface area (Å²) < 4.78 is 6.04. The lowest BCUT2D eigenvalue weighted by Gasteiger charge is -2.29. The monoisotopic (exact) mass is 290 g/mol. The molecule has 2 rings (SSSR count). The van der Waals surface area contributed by atoms with E-state index >= 15 is 0 Å². The molecule has 1 aromatic carbocycles. The highest BCUT2D eigenvalue weighted by atomic mass is 16.5. The molecule has 1 heterocycles. The van der Waals surface area contributed by atoms with Crippen LogP contribution in [0.3, 0.4) is 0 Å². The third-order valence-corrected chi connectivity index (χ3v) is 4.45. The Balaban J connectivity index is 1.85. The fourth-order valence-corrected chi connectivity index (χ4v) is 3.25. The second kappa shape index (κ2) is 9.06. The van der Waals surface area contributed by atoms with E-state index in [9.17, 15) is 0 Å². The van der Waals surface area contributed by atoms with Crippen molar-refractivity contribution in [3.63, 3.8) is 0 Å². The highest BCUT2D eigenvalue weighted by Crippen LogP contribution is 2.20. The first-order valence-corrected chi connectivity index (χ1v) is 8.44. The van der Waals surface area contributed by atoms with Gasteiger partial charge in [0.15, 0.2) is 0 Å². The van der Waals surface area contributed by atoms with E-state index in [-0.39, 0.29) is 0 Å². The number of para-hydroxylation sites is 1. The van der Waals surface area contributed by atoms with Gasteiger partial charge in [-0.05, 0) is 38.9 Å². The third kappa shape index (κ3) is 5.01. The molecule has 1 fully saturated rings. The van der Waals surface area contributed by atoms with Gasteiger partial charge in [0.2, 0.25) is 0 Å². The Morgan fingerprint density at radius 2 is 2.10 bits per heavy atom. The molecular formula is C18H30N2O. The second-order valence-corrected chi connectivity index (χ2v) is 5.93. The standard InChI is InChI=1S/C18H30N2O/c1-3-17-10-5-4-8-12-20(17)13-14-21-18-11-7-6-9-16(18)15-19-2/h6-7,9,11,17,19H,3-5,8,10,12-15H2,1-2H3. The van der Waals surface area contributed by atoms with Crippen LogP contribution in [0, 0.1) is 0 Å². The van der Waals surface area contributed by atoms with E-state index in [1.165, 1.54) is 44.2 Å². The quantitative estimate of drug-likeness (QED) is 0.832. The molecule has 1 N–H and O–H groups in total. The number of nitrogens with one attached hydrogen (secondary N) is 1. The molecule has 0 bridgehead atoms. The van der Waals surface area contributed by atoms with E-state index < -0.39 is 0 Å². The van der Waals surface area contributed by atoms with Gasteiger partial charge in [-0.2, -0.15) is 0 Å². The summed E-state index contributed by atoms with van der Waals surface area (Å²) in [6.45, 7) is 6.24. The molecule has 3 nitrogen and oxygen atoms in total. The van der Waals surface area contributed by atoms with Crippen LogP contribution in [-0.4, -0.2) is 37.7 Å². The maximum atomic E-state index is 6.04. The molecule has 1 aromatic rings. The van der Waals surface area contributed by atoms with Crippen molar-refractivity contribution in [1.82, 2.24) is 10.2 Å². The Hall–Kier alpha value is -1.06. The number of likely N-dealkylation sites (tertiary alicyclic amines) is 1. The zero-order valence-corrected chi connectivity index (χ0v) is 13.6. The van der Waals surface area contributed by atoms with E-state index in [1.807, 2.05) is 7.05 Å². The van der Waals surface area contributed by atoms with Crippen molar-refractivity contribution in [1.29, 1.82) is 0 Å². The Kier molecular flexibility index (Phi) is 7.04. The van der Waals surface area contributed by atoms with Crippen LogP contribution in [0.25, 0.3) is 0 Å². The number of ether oxygens (including phenoxy) is 1. The van der Waals surface area contributed by atoms with Crippen LogP contribution in [0.15, 0.2) is 24.3 Å². The average Bonchev–Trinajstić information content (AvgIpc) is 2.74. The fourth-order valence-electron chi connectivity index (χ4n) is 3.25. The maximum absolute atomic E-state index is 6.04. The Bertz CT molecular complexity index is 408. The molecule has 1 aliphatic heterocycles. The SMILES string of the molecule is CCC1CCCCCN1CCOc1ccccc1CNC. The number of nitrogens with zero attached hydrogens (tertiary/aromatic N) is 1. The minimum Gasteiger partial charge on any atom is -0.492 e. The smallest absolute Gasteiger partial charge is 0.123 e. The van der Waals surface area contributed by atoms with E-state index in [4.69, 9.17) is 4.74 Å². The molecule has 0 amide bonds. The number of hydrogen-bond acceptors (Lipinski definition) is 3. The third-order valence-electron chi connectivity index (χ3n) is 4.45. The van der Waals surface area contributed by atoms with Crippen molar-refractivity contribution in [2.24, 2.45) is 0 Å². The summed E-state index contributed by atoms with van der Waals surface area (Å²) >= 11 is 0. The van der Waals surface area contributed by atoms with Crippen LogP contribution >= 0.6 is 0 Å². The molecule has 1 atom stereocenters. The van der Waals surface area contributed by atoms with Crippen molar-refractivity contribution in [3.8, 4) is 5.75 Å². The van der Waals surface area contributed by atoms with Gasteiger partial charge in [-0.15, -0.1) is 0 Å². The summed E-state index contributed by atoms with van der Waals surface area (Å²) in [5.74, 6) is 1.02. The molecule has 1 saturated heterocycles. The maximum Gasteiger partial charge on any atom is 0.123 e. The molecular weight excluding hydrogens is 260 g/mol. The first-order valence-electron chi connectivity index (χ1n) is 8.44. The summed E-state index contributed by atoms with van der Waals surface area (Å²) in [6.07, 6.45) is 6.73. The molecule has 0 aromatic heterocycles. The number of benzene rings is 1. The van der Waals surface area contributed by atoms with Crippen molar-refractivity contribution >= 4 is 0 Å². The largest absolute Gasteiger partial charge is 0.492 e. The van der Waals surface area contributed by atoms with E-state index in [0.717, 1.165) is 31.5 Å². The first kappa shape index (κ1) is 16.3. The normalized spacial score (nSPS) is 20.2. The highest BCUT2D eigenvalue weighted by molar-refractivity contribution is 5.33. The van der Waals surface area contributed by atoms with Gasteiger partial charge in [0.05, 0.1) is 0 Å². The van der Waals surface area contributed by atoms with Crippen LogP contribution in [0.1, 0.15) is 44.6 Å².